The number of hydrogen-bond donors (Lipinski definition) is 1. The summed E-state index contributed by atoms with van der Waals surface area (Å²) in [5.41, 5.74) is 1.50. The van der Waals surface area contributed by atoms with Crippen molar-refractivity contribution in [1.29, 1.82) is 0 Å². The van der Waals surface area contributed by atoms with E-state index in [0.29, 0.717) is 5.92 Å². The van der Waals surface area contributed by atoms with E-state index in [-0.39, 0.29) is 24.0 Å². The topological polar surface area (TPSA) is 40.1 Å². The number of hydrogen-bond acceptors (Lipinski definition) is 3. The second kappa shape index (κ2) is 14.2. The van der Waals surface area contributed by atoms with Crippen LogP contribution >= 0.6 is 24.0 Å². The van der Waals surface area contributed by atoms with Crippen LogP contribution in [0.25, 0.3) is 0 Å². The van der Waals surface area contributed by atoms with Crippen molar-refractivity contribution >= 4 is 29.9 Å². The van der Waals surface area contributed by atoms with Crippen molar-refractivity contribution in [2.45, 2.75) is 38.5 Å². The molecule has 2 fully saturated rings. The predicted octanol–water partition coefficient (Wildman–Crippen LogP) is 3.88. The third-order valence-corrected chi connectivity index (χ3v) is 6.39. The van der Waals surface area contributed by atoms with E-state index in [0.717, 1.165) is 38.2 Å². The molecule has 30 heavy (non-hydrogen) atoms. The number of likely N-dealkylation sites (tertiary alicyclic amines) is 1. The molecule has 3 rings (SSSR count). The lowest BCUT2D eigenvalue weighted by molar-refractivity contribution is 0.180. The average molecular weight is 529 g/mol. The van der Waals surface area contributed by atoms with Crippen molar-refractivity contribution in [3.8, 4) is 0 Å². The summed E-state index contributed by atoms with van der Waals surface area (Å²) < 4.78 is 5.49. The third kappa shape index (κ3) is 8.71. The van der Waals surface area contributed by atoms with Crippen LogP contribution in [-0.2, 0) is 11.2 Å². The van der Waals surface area contributed by atoms with E-state index >= 15 is 0 Å². The predicted molar refractivity (Wildman–Crippen MR) is 137 cm³/mol. The summed E-state index contributed by atoms with van der Waals surface area (Å²) in [5, 5.41) is 3.53. The number of ether oxygens (including phenoxy) is 1. The van der Waals surface area contributed by atoms with Crippen molar-refractivity contribution in [1.82, 2.24) is 15.1 Å². The van der Waals surface area contributed by atoms with Crippen molar-refractivity contribution in [2.75, 3.05) is 60.0 Å². The number of unbranched alkanes of at least 4 members (excludes halogenated alkanes) is 1. The summed E-state index contributed by atoms with van der Waals surface area (Å²) in [7, 11) is 4.01. The molecule has 6 heteroatoms. The van der Waals surface area contributed by atoms with Gasteiger partial charge in [0, 0.05) is 39.7 Å². The first-order valence-electron chi connectivity index (χ1n) is 11.5. The van der Waals surface area contributed by atoms with Crippen LogP contribution in [0, 0.1) is 11.8 Å². The van der Waals surface area contributed by atoms with Crippen LogP contribution < -0.4 is 5.32 Å². The van der Waals surface area contributed by atoms with Crippen molar-refractivity contribution in [3.05, 3.63) is 35.9 Å². The van der Waals surface area contributed by atoms with E-state index in [1.54, 1.807) is 0 Å². The molecule has 0 aromatic heterocycles. The zero-order valence-electron chi connectivity index (χ0n) is 18.9. The second-order valence-corrected chi connectivity index (χ2v) is 8.77. The van der Waals surface area contributed by atoms with E-state index in [1.807, 2.05) is 7.05 Å². The molecule has 0 bridgehead atoms. The summed E-state index contributed by atoms with van der Waals surface area (Å²) in [4.78, 5) is 9.34. The summed E-state index contributed by atoms with van der Waals surface area (Å²) >= 11 is 0. The molecule has 1 N–H and O–H groups in total. The largest absolute Gasteiger partial charge is 0.381 e. The summed E-state index contributed by atoms with van der Waals surface area (Å²) in [6.07, 6.45) is 7.56. The molecule has 2 aliphatic heterocycles. The molecule has 0 spiro atoms. The number of aliphatic imine (C=N–C) groups is 1. The SMILES string of the molecule is CN=C(NCCCCN1CCC(Cc2ccccc2)CC1)N(C)CC1CCOC1.I. The van der Waals surface area contributed by atoms with Gasteiger partial charge in [-0.05, 0) is 69.6 Å². The van der Waals surface area contributed by atoms with Gasteiger partial charge < -0.3 is 19.9 Å². The summed E-state index contributed by atoms with van der Waals surface area (Å²) in [5.74, 6) is 2.52. The van der Waals surface area contributed by atoms with Gasteiger partial charge in [-0.1, -0.05) is 30.3 Å². The molecule has 0 saturated carbocycles. The highest BCUT2D eigenvalue weighted by Crippen LogP contribution is 2.21. The van der Waals surface area contributed by atoms with Gasteiger partial charge in [0.05, 0.1) is 6.61 Å². The Morgan fingerprint density at radius 3 is 2.57 bits per heavy atom. The maximum atomic E-state index is 5.49. The Labute approximate surface area is 200 Å². The number of piperidine rings is 1. The fourth-order valence-corrected chi connectivity index (χ4v) is 4.61. The van der Waals surface area contributed by atoms with Gasteiger partial charge in [0.25, 0.3) is 0 Å². The maximum Gasteiger partial charge on any atom is 0.193 e. The van der Waals surface area contributed by atoms with Crippen LogP contribution in [0.4, 0.5) is 0 Å². The molecule has 2 heterocycles. The minimum absolute atomic E-state index is 0. The van der Waals surface area contributed by atoms with Gasteiger partial charge in [-0.3, -0.25) is 4.99 Å². The van der Waals surface area contributed by atoms with Gasteiger partial charge in [-0.15, -0.1) is 24.0 Å². The van der Waals surface area contributed by atoms with Crippen molar-refractivity contribution in [3.63, 3.8) is 0 Å². The Kier molecular flexibility index (Phi) is 12.1. The van der Waals surface area contributed by atoms with Crippen LogP contribution in [0.15, 0.2) is 35.3 Å². The molecule has 0 aliphatic carbocycles. The van der Waals surface area contributed by atoms with Crippen molar-refractivity contribution < 1.29 is 4.74 Å². The van der Waals surface area contributed by atoms with E-state index in [1.165, 1.54) is 63.7 Å². The van der Waals surface area contributed by atoms with Gasteiger partial charge in [0.2, 0.25) is 0 Å². The van der Waals surface area contributed by atoms with E-state index in [9.17, 15) is 0 Å². The second-order valence-electron chi connectivity index (χ2n) is 8.77. The van der Waals surface area contributed by atoms with Crippen LogP contribution in [0.2, 0.25) is 0 Å². The molecule has 2 saturated heterocycles. The molecule has 1 unspecified atom stereocenters. The van der Waals surface area contributed by atoms with Crippen molar-refractivity contribution in [2.24, 2.45) is 16.8 Å². The zero-order chi connectivity index (χ0) is 20.3. The minimum Gasteiger partial charge on any atom is -0.381 e. The van der Waals surface area contributed by atoms with E-state index in [4.69, 9.17) is 4.74 Å². The minimum atomic E-state index is 0. The summed E-state index contributed by atoms with van der Waals surface area (Å²) in [6.45, 7) is 7.59. The quantitative estimate of drug-likeness (QED) is 0.229. The first-order chi connectivity index (χ1) is 14.2. The van der Waals surface area contributed by atoms with Crippen LogP contribution in [0.5, 0.6) is 0 Å². The van der Waals surface area contributed by atoms with Crippen LogP contribution in [0.1, 0.15) is 37.7 Å². The highest BCUT2D eigenvalue weighted by molar-refractivity contribution is 14.0. The van der Waals surface area contributed by atoms with Crippen LogP contribution in [0.3, 0.4) is 0 Å². The highest BCUT2D eigenvalue weighted by atomic mass is 127. The fourth-order valence-electron chi connectivity index (χ4n) is 4.61. The molecule has 1 aromatic rings. The monoisotopic (exact) mass is 528 g/mol. The van der Waals surface area contributed by atoms with Gasteiger partial charge in [-0.25, -0.2) is 0 Å². The Balaban J connectivity index is 0.00000320. The number of rotatable bonds is 9. The average Bonchev–Trinajstić information content (AvgIpc) is 3.25. The third-order valence-electron chi connectivity index (χ3n) is 6.39. The Morgan fingerprint density at radius 2 is 1.90 bits per heavy atom. The lowest BCUT2D eigenvalue weighted by Crippen LogP contribution is -2.42. The molecule has 170 valence electrons. The van der Waals surface area contributed by atoms with Gasteiger partial charge in [0.1, 0.15) is 0 Å². The molecule has 1 aromatic carbocycles. The smallest absolute Gasteiger partial charge is 0.193 e. The van der Waals surface area contributed by atoms with Gasteiger partial charge in [-0.2, -0.15) is 0 Å². The molecular formula is C24H41IN4O. The van der Waals surface area contributed by atoms with Crippen LogP contribution in [-0.4, -0.2) is 75.8 Å². The highest BCUT2D eigenvalue weighted by Gasteiger charge is 2.20. The lowest BCUT2D eigenvalue weighted by Gasteiger charge is -2.32. The molecule has 0 radical (unpaired) electrons. The van der Waals surface area contributed by atoms with Gasteiger partial charge >= 0.3 is 0 Å². The first kappa shape index (κ1) is 25.4. The number of benzene rings is 1. The Bertz CT molecular complexity index is 598. The zero-order valence-corrected chi connectivity index (χ0v) is 21.2. The number of nitrogens with one attached hydrogen (secondary N) is 1. The normalized spacial score (nSPS) is 20.7. The lowest BCUT2D eigenvalue weighted by atomic mass is 9.90. The summed E-state index contributed by atoms with van der Waals surface area (Å²) in [6, 6.07) is 11.0. The molecule has 2 aliphatic rings. The Morgan fingerprint density at radius 1 is 1.13 bits per heavy atom. The number of nitrogens with zero attached hydrogens (tertiary/aromatic N) is 3. The fraction of sp³-hybridized carbons (Fsp3) is 0.708. The first-order valence-corrected chi connectivity index (χ1v) is 11.5. The molecular weight excluding hydrogens is 487 g/mol. The molecule has 1 atom stereocenters. The maximum absolute atomic E-state index is 5.49. The molecule has 5 nitrogen and oxygen atoms in total. The number of halogens is 1. The molecule has 0 amide bonds. The Hall–Kier alpha value is -0.860. The standard InChI is InChI=1S/C24H40N4O.HI/c1-25-24(27(2)19-23-12-17-29-20-23)26-13-6-7-14-28-15-10-22(11-16-28)18-21-8-4-3-5-9-21;/h3-5,8-9,22-23H,6-7,10-20H2,1-2H3,(H,25,26);1H. The van der Waals surface area contributed by atoms with E-state index in [2.05, 4.69) is 57.5 Å². The number of guanidine groups is 1. The van der Waals surface area contributed by atoms with E-state index < -0.39 is 0 Å². The van der Waals surface area contributed by atoms with Gasteiger partial charge in [0.15, 0.2) is 5.96 Å².